The van der Waals surface area contributed by atoms with E-state index in [-0.39, 0.29) is 25.9 Å². The number of methoxy groups -OCH3 is 1. The Kier molecular flexibility index (Phi) is 6.02. The number of nitrogens with one attached hydrogen (secondary N) is 1. The molecule has 2 aromatic rings. The van der Waals surface area contributed by atoms with Gasteiger partial charge < -0.3 is 10.1 Å². The van der Waals surface area contributed by atoms with Crippen molar-refractivity contribution in [2.24, 2.45) is 0 Å². The summed E-state index contributed by atoms with van der Waals surface area (Å²) in [6.07, 6.45) is 1.68. The SMILES string of the molecule is COC(=O)c1sc(NC(=O)c2ccc(S(=O)(=O)N3CCCC3)cc2)c(C#N)c1C. The van der Waals surface area contributed by atoms with E-state index in [0.29, 0.717) is 18.7 Å². The molecule has 1 fully saturated rings. The highest BCUT2D eigenvalue weighted by atomic mass is 32.2. The van der Waals surface area contributed by atoms with Crippen LogP contribution in [-0.4, -0.2) is 44.8 Å². The van der Waals surface area contributed by atoms with E-state index in [0.717, 1.165) is 24.2 Å². The lowest BCUT2D eigenvalue weighted by molar-refractivity contribution is 0.0605. The molecule has 29 heavy (non-hydrogen) atoms. The van der Waals surface area contributed by atoms with Crippen LogP contribution in [0, 0.1) is 18.3 Å². The number of nitriles is 1. The molecule has 1 saturated heterocycles. The lowest BCUT2D eigenvalue weighted by Gasteiger charge is -2.15. The highest BCUT2D eigenvalue weighted by Gasteiger charge is 2.27. The zero-order chi connectivity index (χ0) is 21.2. The van der Waals surface area contributed by atoms with Crippen LogP contribution in [0.25, 0.3) is 0 Å². The number of esters is 1. The van der Waals surface area contributed by atoms with Gasteiger partial charge in [0.15, 0.2) is 0 Å². The van der Waals surface area contributed by atoms with Crippen LogP contribution in [0.4, 0.5) is 5.00 Å². The number of hydrogen-bond acceptors (Lipinski definition) is 7. The number of carbonyl (C=O) groups is 2. The molecule has 152 valence electrons. The first kappa shape index (κ1) is 21.0. The van der Waals surface area contributed by atoms with E-state index in [4.69, 9.17) is 4.74 Å². The maximum absolute atomic E-state index is 12.6. The van der Waals surface area contributed by atoms with Gasteiger partial charge in [0.25, 0.3) is 5.91 Å². The lowest BCUT2D eigenvalue weighted by atomic mass is 10.1. The fourth-order valence-electron chi connectivity index (χ4n) is 3.05. The van der Waals surface area contributed by atoms with E-state index in [1.807, 2.05) is 6.07 Å². The van der Waals surface area contributed by atoms with Crippen LogP contribution in [0.1, 0.15) is 44.0 Å². The maximum Gasteiger partial charge on any atom is 0.348 e. The molecule has 8 nitrogen and oxygen atoms in total. The molecule has 0 saturated carbocycles. The monoisotopic (exact) mass is 433 g/mol. The smallest absolute Gasteiger partial charge is 0.348 e. The average molecular weight is 434 g/mol. The second-order valence-corrected chi connectivity index (χ2v) is 9.41. The maximum atomic E-state index is 12.6. The van der Waals surface area contributed by atoms with Crippen molar-refractivity contribution in [2.75, 3.05) is 25.5 Å². The minimum Gasteiger partial charge on any atom is -0.465 e. The number of amides is 1. The molecule has 1 amide bonds. The summed E-state index contributed by atoms with van der Waals surface area (Å²) in [6.45, 7) is 2.61. The largest absolute Gasteiger partial charge is 0.465 e. The van der Waals surface area contributed by atoms with Crippen molar-refractivity contribution in [3.8, 4) is 6.07 Å². The zero-order valence-electron chi connectivity index (χ0n) is 15.9. The van der Waals surface area contributed by atoms with Gasteiger partial charge >= 0.3 is 5.97 Å². The van der Waals surface area contributed by atoms with Gasteiger partial charge in [0, 0.05) is 18.7 Å². The first-order chi connectivity index (χ1) is 13.8. The van der Waals surface area contributed by atoms with Gasteiger partial charge in [-0.1, -0.05) is 0 Å². The molecule has 0 aliphatic carbocycles. The molecule has 0 spiro atoms. The van der Waals surface area contributed by atoms with E-state index in [1.54, 1.807) is 6.92 Å². The Morgan fingerprint density at radius 2 is 1.83 bits per heavy atom. The summed E-state index contributed by atoms with van der Waals surface area (Å²) in [5.41, 5.74) is 0.864. The number of nitrogens with zero attached hydrogens (tertiary/aromatic N) is 2. The molecular formula is C19H19N3O5S2. The predicted molar refractivity (Wildman–Crippen MR) is 107 cm³/mol. The third kappa shape index (κ3) is 4.03. The van der Waals surface area contributed by atoms with Crippen LogP contribution < -0.4 is 5.32 Å². The van der Waals surface area contributed by atoms with Gasteiger partial charge in [-0.25, -0.2) is 13.2 Å². The number of hydrogen-bond donors (Lipinski definition) is 1. The van der Waals surface area contributed by atoms with Crippen molar-refractivity contribution in [3.63, 3.8) is 0 Å². The van der Waals surface area contributed by atoms with Gasteiger partial charge in [-0.05, 0) is 49.6 Å². The van der Waals surface area contributed by atoms with E-state index < -0.39 is 21.9 Å². The molecule has 3 rings (SSSR count). The summed E-state index contributed by atoms with van der Waals surface area (Å²) in [6, 6.07) is 7.62. The van der Waals surface area contributed by atoms with Crippen molar-refractivity contribution in [1.29, 1.82) is 5.26 Å². The second-order valence-electron chi connectivity index (χ2n) is 6.45. The molecule has 1 aromatic heterocycles. The minimum absolute atomic E-state index is 0.133. The topological polar surface area (TPSA) is 117 Å². The third-order valence-corrected chi connectivity index (χ3v) is 7.78. The first-order valence-electron chi connectivity index (χ1n) is 8.83. The van der Waals surface area contributed by atoms with Gasteiger partial charge in [-0.3, -0.25) is 4.79 Å². The Bertz CT molecular complexity index is 1090. The van der Waals surface area contributed by atoms with Crippen LogP contribution in [0.2, 0.25) is 0 Å². The van der Waals surface area contributed by atoms with Gasteiger partial charge in [0.2, 0.25) is 10.0 Å². The number of sulfonamides is 1. The Labute approximate surface area is 172 Å². The Hall–Kier alpha value is -2.74. The number of thiophene rings is 1. The summed E-state index contributed by atoms with van der Waals surface area (Å²) in [5.74, 6) is -1.09. The summed E-state index contributed by atoms with van der Waals surface area (Å²) in [7, 11) is -2.32. The van der Waals surface area contributed by atoms with Crippen molar-refractivity contribution < 1.29 is 22.7 Å². The fraction of sp³-hybridized carbons (Fsp3) is 0.316. The molecule has 2 heterocycles. The molecule has 10 heteroatoms. The number of ether oxygens (including phenoxy) is 1. The predicted octanol–water partition coefficient (Wildman–Crippen LogP) is 2.75. The fourth-order valence-corrected chi connectivity index (χ4v) is 5.64. The highest BCUT2D eigenvalue weighted by molar-refractivity contribution is 7.89. The second kappa shape index (κ2) is 8.32. The molecule has 0 atom stereocenters. The molecule has 0 bridgehead atoms. The Morgan fingerprint density at radius 1 is 1.21 bits per heavy atom. The van der Waals surface area contributed by atoms with Crippen LogP contribution in [0.3, 0.4) is 0 Å². The number of anilines is 1. The van der Waals surface area contributed by atoms with Gasteiger partial charge in [0.1, 0.15) is 15.9 Å². The quantitative estimate of drug-likeness (QED) is 0.725. The van der Waals surface area contributed by atoms with Gasteiger partial charge in [-0.15, -0.1) is 11.3 Å². The number of benzene rings is 1. The molecule has 1 aliphatic heterocycles. The Morgan fingerprint density at radius 3 is 2.38 bits per heavy atom. The summed E-state index contributed by atoms with van der Waals surface area (Å²) >= 11 is 0.959. The van der Waals surface area contributed by atoms with Gasteiger partial charge in [-0.2, -0.15) is 9.57 Å². The molecular weight excluding hydrogens is 414 g/mol. The van der Waals surface area contributed by atoms with E-state index >= 15 is 0 Å². The van der Waals surface area contributed by atoms with Crippen molar-refractivity contribution >= 4 is 38.2 Å². The summed E-state index contributed by atoms with van der Waals surface area (Å²) < 4.78 is 31.3. The molecule has 0 radical (unpaired) electrons. The van der Waals surface area contributed by atoms with E-state index in [1.165, 1.54) is 35.7 Å². The first-order valence-corrected chi connectivity index (χ1v) is 11.1. The van der Waals surface area contributed by atoms with Crippen molar-refractivity contribution in [2.45, 2.75) is 24.7 Å². The Balaban J connectivity index is 1.82. The highest BCUT2D eigenvalue weighted by Crippen LogP contribution is 2.33. The lowest BCUT2D eigenvalue weighted by Crippen LogP contribution is -2.27. The molecule has 1 aliphatic rings. The minimum atomic E-state index is -3.56. The standard InChI is InChI=1S/C19H19N3O5S2/c1-12-15(11-20)18(28-16(12)19(24)27-2)21-17(23)13-5-7-14(8-6-13)29(25,26)22-9-3-4-10-22/h5-8H,3-4,9-10H2,1-2H3,(H,21,23). The van der Waals surface area contributed by atoms with Crippen molar-refractivity contribution in [1.82, 2.24) is 4.31 Å². The molecule has 1 N–H and O–H groups in total. The van der Waals surface area contributed by atoms with Crippen LogP contribution in [0.5, 0.6) is 0 Å². The number of rotatable bonds is 5. The summed E-state index contributed by atoms with van der Waals surface area (Å²) in [5, 5.41) is 12.2. The van der Waals surface area contributed by atoms with Crippen LogP contribution in [-0.2, 0) is 14.8 Å². The normalized spacial score (nSPS) is 14.4. The number of carbonyl (C=O) groups excluding carboxylic acids is 2. The summed E-state index contributed by atoms with van der Waals surface area (Å²) in [4.78, 5) is 24.8. The average Bonchev–Trinajstić information content (AvgIpc) is 3.36. The molecule has 1 aromatic carbocycles. The molecule has 0 unspecified atom stereocenters. The van der Waals surface area contributed by atoms with Crippen LogP contribution >= 0.6 is 11.3 Å². The third-order valence-electron chi connectivity index (χ3n) is 4.68. The van der Waals surface area contributed by atoms with E-state index in [2.05, 4.69) is 5.32 Å². The van der Waals surface area contributed by atoms with Gasteiger partial charge in [0.05, 0.1) is 17.6 Å². The zero-order valence-corrected chi connectivity index (χ0v) is 17.5. The van der Waals surface area contributed by atoms with Crippen molar-refractivity contribution in [3.05, 3.63) is 45.8 Å². The van der Waals surface area contributed by atoms with Crippen LogP contribution in [0.15, 0.2) is 29.2 Å². The van der Waals surface area contributed by atoms with E-state index in [9.17, 15) is 23.3 Å².